The maximum atomic E-state index is 11.6. The Hall–Kier alpha value is -1.04. The maximum absolute atomic E-state index is 11.6. The minimum Gasteiger partial charge on any atom is -0.384 e. The molecule has 2 heterocycles. The highest BCUT2D eigenvalue weighted by atomic mass is 32.2. The molecule has 0 spiro atoms. The molecule has 1 aromatic rings. The summed E-state index contributed by atoms with van der Waals surface area (Å²) in [6.07, 6.45) is 4.29. The first-order valence-corrected chi connectivity index (χ1v) is 9.26. The first-order valence-electron chi connectivity index (χ1n) is 7.44. The van der Waals surface area contributed by atoms with Crippen LogP contribution in [0.2, 0.25) is 0 Å². The summed E-state index contributed by atoms with van der Waals surface area (Å²) < 4.78 is 25.1. The molecule has 1 saturated carbocycles. The van der Waals surface area contributed by atoms with Gasteiger partial charge < -0.3 is 5.73 Å². The average molecular weight is 297 g/mol. The Morgan fingerprint density at radius 3 is 2.60 bits per heavy atom. The van der Waals surface area contributed by atoms with Gasteiger partial charge in [0.05, 0.1) is 23.2 Å². The number of nitrogen functional groups attached to an aromatic ring is 1. The normalized spacial score (nSPS) is 32.8. The lowest BCUT2D eigenvalue weighted by molar-refractivity contribution is 0.474. The molecule has 1 saturated heterocycles. The SMILES string of the molecule is Cc1c(C2CCCC2C)nn(C2CCS(=O)(=O)C2)c1N. The minimum atomic E-state index is -2.91. The van der Waals surface area contributed by atoms with Gasteiger partial charge in [-0.2, -0.15) is 5.10 Å². The van der Waals surface area contributed by atoms with E-state index in [9.17, 15) is 8.42 Å². The van der Waals surface area contributed by atoms with E-state index < -0.39 is 9.84 Å². The molecule has 0 radical (unpaired) electrons. The number of anilines is 1. The van der Waals surface area contributed by atoms with Gasteiger partial charge in [0.2, 0.25) is 0 Å². The van der Waals surface area contributed by atoms with Crippen molar-refractivity contribution in [2.45, 2.75) is 51.5 Å². The van der Waals surface area contributed by atoms with Crippen LogP contribution in [-0.2, 0) is 9.84 Å². The van der Waals surface area contributed by atoms with Crippen LogP contribution in [0.15, 0.2) is 0 Å². The van der Waals surface area contributed by atoms with Gasteiger partial charge in [-0.25, -0.2) is 13.1 Å². The summed E-state index contributed by atoms with van der Waals surface area (Å²) in [6, 6.07) is -0.0795. The van der Waals surface area contributed by atoms with Gasteiger partial charge >= 0.3 is 0 Å². The molecule has 0 amide bonds. The third kappa shape index (κ3) is 2.24. The molecule has 112 valence electrons. The van der Waals surface area contributed by atoms with E-state index in [1.807, 2.05) is 6.92 Å². The summed E-state index contributed by atoms with van der Waals surface area (Å²) in [7, 11) is -2.91. The Kier molecular flexibility index (Phi) is 3.31. The summed E-state index contributed by atoms with van der Waals surface area (Å²) in [5.41, 5.74) is 8.33. The minimum absolute atomic E-state index is 0.0795. The third-order valence-corrected chi connectivity index (χ3v) is 6.75. The lowest BCUT2D eigenvalue weighted by Gasteiger charge is -2.13. The van der Waals surface area contributed by atoms with Gasteiger partial charge in [-0.05, 0) is 25.7 Å². The van der Waals surface area contributed by atoms with E-state index in [1.54, 1.807) is 4.68 Å². The van der Waals surface area contributed by atoms with E-state index in [-0.39, 0.29) is 17.5 Å². The van der Waals surface area contributed by atoms with Gasteiger partial charge in [-0.1, -0.05) is 19.8 Å². The van der Waals surface area contributed by atoms with Crippen LogP contribution in [0.5, 0.6) is 0 Å². The van der Waals surface area contributed by atoms with Crippen molar-refractivity contribution in [3.05, 3.63) is 11.3 Å². The second-order valence-electron chi connectivity index (χ2n) is 6.41. The molecule has 2 aliphatic rings. The fourth-order valence-corrected chi connectivity index (χ4v) is 5.39. The molecule has 3 rings (SSSR count). The van der Waals surface area contributed by atoms with E-state index in [1.165, 1.54) is 19.3 Å². The fraction of sp³-hybridized carbons (Fsp3) is 0.786. The Labute approximate surface area is 120 Å². The van der Waals surface area contributed by atoms with Gasteiger partial charge in [0.1, 0.15) is 5.82 Å². The second-order valence-corrected chi connectivity index (χ2v) is 8.64. The molecule has 1 aliphatic carbocycles. The van der Waals surface area contributed by atoms with Crippen molar-refractivity contribution in [3.63, 3.8) is 0 Å². The topological polar surface area (TPSA) is 78.0 Å². The Morgan fingerprint density at radius 1 is 1.30 bits per heavy atom. The number of aromatic nitrogens is 2. The van der Waals surface area contributed by atoms with Crippen LogP contribution in [0, 0.1) is 12.8 Å². The molecule has 0 bridgehead atoms. The largest absolute Gasteiger partial charge is 0.384 e. The zero-order valence-corrected chi connectivity index (χ0v) is 13.0. The molecular weight excluding hydrogens is 274 g/mol. The van der Waals surface area contributed by atoms with Crippen LogP contribution < -0.4 is 5.73 Å². The van der Waals surface area contributed by atoms with Crippen molar-refractivity contribution >= 4 is 15.7 Å². The summed E-state index contributed by atoms with van der Waals surface area (Å²) in [5.74, 6) is 2.21. The number of nitrogens with two attached hydrogens (primary N) is 1. The molecule has 3 atom stereocenters. The molecule has 1 aliphatic heterocycles. The molecule has 2 fully saturated rings. The predicted molar refractivity (Wildman–Crippen MR) is 79.4 cm³/mol. The van der Waals surface area contributed by atoms with Crippen LogP contribution in [0.1, 0.15) is 55.8 Å². The molecule has 2 N–H and O–H groups in total. The van der Waals surface area contributed by atoms with E-state index in [0.29, 0.717) is 24.1 Å². The Bertz CT molecular complexity index is 621. The molecule has 20 heavy (non-hydrogen) atoms. The molecule has 3 unspecified atom stereocenters. The van der Waals surface area contributed by atoms with Crippen molar-refractivity contribution in [2.24, 2.45) is 5.92 Å². The van der Waals surface area contributed by atoms with E-state index >= 15 is 0 Å². The summed E-state index contributed by atoms with van der Waals surface area (Å²) in [5, 5.41) is 4.72. The molecule has 0 aromatic carbocycles. The zero-order valence-electron chi connectivity index (χ0n) is 12.2. The first-order chi connectivity index (χ1) is 9.39. The van der Waals surface area contributed by atoms with Gasteiger partial charge in [-0.15, -0.1) is 0 Å². The van der Waals surface area contributed by atoms with Crippen LogP contribution in [0.3, 0.4) is 0 Å². The fourth-order valence-electron chi connectivity index (χ4n) is 3.70. The summed E-state index contributed by atoms with van der Waals surface area (Å²) in [6.45, 7) is 4.29. The molecule has 5 nitrogen and oxygen atoms in total. The number of hydrogen-bond donors (Lipinski definition) is 1. The predicted octanol–water partition coefficient (Wildman–Crippen LogP) is 2.04. The third-order valence-electron chi connectivity index (χ3n) is 5.00. The lowest BCUT2D eigenvalue weighted by Crippen LogP contribution is -2.15. The number of rotatable bonds is 2. The number of sulfone groups is 1. The van der Waals surface area contributed by atoms with E-state index in [0.717, 1.165) is 11.3 Å². The standard InChI is InChI=1S/C14H23N3O2S/c1-9-4-3-5-12(9)13-10(2)14(15)17(16-13)11-6-7-20(18,19)8-11/h9,11-12H,3-8,15H2,1-2H3. The number of nitrogens with zero attached hydrogens (tertiary/aromatic N) is 2. The lowest BCUT2D eigenvalue weighted by atomic mass is 9.92. The van der Waals surface area contributed by atoms with Crippen molar-refractivity contribution in [2.75, 3.05) is 17.2 Å². The quantitative estimate of drug-likeness (QED) is 0.906. The van der Waals surface area contributed by atoms with Crippen LogP contribution in [0.25, 0.3) is 0 Å². The molecular formula is C14H23N3O2S. The maximum Gasteiger partial charge on any atom is 0.152 e. The zero-order chi connectivity index (χ0) is 14.5. The Morgan fingerprint density at radius 2 is 2.05 bits per heavy atom. The van der Waals surface area contributed by atoms with Gasteiger partial charge in [-0.3, -0.25) is 0 Å². The van der Waals surface area contributed by atoms with Crippen LogP contribution in [0.4, 0.5) is 5.82 Å². The van der Waals surface area contributed by atoms with Gasteiger partial charge in [0.15, 0.2) is 9.84 Å². The Balaban J connectivity index is 1.94. The highest BCUT2D eigenvalue weighted by molar-refractivity contribution is 7.91. The second kappa shape index (κ2) is 4.76. The van der Waals surface area contributed by atoms with E-state index in [4.69, 9.17) is 10.8 Å². The first kappa shape index (κ1) is 13.9. The van der Waals surface area contributed by atoms with Crippen molar-refractivity contribution in [1.82, 2.24) is 9.78 Å². The summed E-state index contributed by atoms with van der Waals surface area (Å²) >= 11 is 0. The van der Waals surface area contributed by atoms with Crippen molar-refractivity contribution in [1.29, 1.82) is 0 Å². The molecule has 6 heteroatoms. The van der Waals surface area contributed by atoms with Gasteiger partial charge in [0.25, 0.3) is 0 Å². The monoisotopic (exact) mass is 297 g/mol. The average Bonchev–Trinajstić information content (AvgIpc) is 3.02. The number of hydrogen-bond acceptors (Lipinski definition) is 4. The highest BCUT2D eigenvalue weighted by Crippen LogP contribution is 2.41. The molecule has 1 aromatic heterocycles. The van der Waals surface area contributed by atoms with Crippen molar-refractivity contribution < 1.29 is 8.42 Å². The van der Waals surface area contributed by atoms with E-state index in [2.05, 4.69) is 6.92 Å². The summed E-state index contributed by atoms with van der Waals surface area (Å²) in [4.78, 5) is 0. The van der Waals surface area contributed by atoms with Crippen LogP contribution >= 0.6 is 0 Å². The van der Waals surface area contributed by atoms with Crippen LogP contribution in [-0.4, -0.2) is 29.7 Å². The highest BCUT2D eigenvalue weighted by Gasteiger charge is 2.34. The smallest absolute Gasteiger partial charge is 0.152 e. The van der Waals surface area contributed by atoms with Gasteiger partial charge in [0, 0.05) is 11.5 Å². The van der Waals surface area contributed by atoms with Crippen molar-refractivity contribution in [3.8, 4) is 0 Å².